The van der Waals surface area contributed by atoms with Crippen LogP contribution in [0.3, 0.4) is 0 Å². The number of fused-ring (bicyclic) bond motifs is 1. The summed E-state index contributed by atoms with van der Waals surface area (Å²) in [6.07, 6.45) is 1.62. The van der Waals surface area contributed by atoms with Gasteiger partial charge in [0, 0.05) is 17.2 Å². The quantitative estimate of drug-likeness (QED) is 0.540. The Bertz CT molecular complexity index is 436. The lowest BCUT2D eigenvalue weighted by molar-refractivity contribution is 0.426. The van der Waals surface area contributed by atoms with E-state index in [4.69, 9.17) is 10.0 Å². The summed E-state index contributed by atoms with van der Waals surface area (Å²) in [6, 6.07) is 5.84. The maximum atomic E-state index is 9.04. The van der Waals surface area contributed by atoms with Gasteiger partial charge in [-0.2, -0.15) is 0 Å². The van der Waals surface area contributed by atoms with Crippen LogP contribution in [-0.4, -0.2) is 22.2 Å². The molecule has 0 radical (unpaired) electrons. The molecule has 3 N–H and O–H groups in total. The van der Waals surface area contributed by atoms with Crippen molar-refractivity contribution in [1.82, 2.24) is 4.98 Å². The van der Waals surface area contributed by atoms with Crippen molar-refractivity contribution in [1.29, 1.82) is 0 Å². The highest BCUT2D eigenvalue weighted by Crippen LogP contribution is 2.12. The SMILES string of the molecule is Cc1ccc2[nH]cc(B(O)O)c2c1. The van der Waals surface area contributed by atoms with Crippen LogP contribution in [0.1, 0.15) is 5.56 Å². The summed E-state index contributed by atoms with van der Waals surface area (Å²) in [4.78, 5) is 2.98. The molecule has 1 heterocycles. The first-order chi connectivity index (χ1) is 6.18. The van der Waals surface area contributed by atoms with Gasteiger partial charge in [0.2, 0.25) is 0 Å². The minimum absolute atomic E-state index is 0.527. The summed E-state index contributed by atoms with van der Waals surface area (Å²) >= 11 is 0. The second kappa shape index (κ2) is 2.90. The topological polar surface area (TPSA) is 56.2 Å². The largest absolute Gasteiger partial charge is 0.490 e. The number of rotatable bonds is 1. The Morgan fingerprint density at radius 1 is 1.31 bits per heavy atom. The van der Waals surface area contributed by atoms with Gasteiger partial charge in [-0.1, -0.05) is 17.7 Å². The molecule has 66 valence electrons. The second-order valence-electron chi connectivity index (χ2n) is 3.17. The van der Waals surface area contributed by atoms with Gasteiger partial charge >= 0.3 is 7.12 Å². The van der Waals surface area contributed by atoms with Crippen LogP contribution in [0.4, 0.5) is 0 Å². The van der Waals surface area contributed by atoms with Gasteiger partial charge in [0.25, 0.3) is 0 Å². The Hall–Kier alpha value is -1.26. The van der Waals surface area contributed by atoms with Crippen molar-refractivity contribution in [3.63, 3.8) is 0 Å². The van der Waals surface area contributed by atoms with E-state index in [-0.39, 0.29) is 0 Å². The smallest absolute Gasteiger partial charge is 0.423 e. The molecule has 0 fully saturated rings. The van der Waals surface area contributed by atoms with E-state index >= 15 is 0 Å². The number of hydrogen-bond acceptors (Lipinski definition) is 2. The monoisotopic (exact) mass is 175 g/mol. The first kappa shape index (κ1) is 8.35. The van der Waals surface area contributed by atoms with E-state index in [1.54, 1.807) is 6.20 Å². The number of hydrogen-bond donors (Lipinski definition) is 3. The lowest BCUT2D eigenvalue weighted by Gasteiger charge is -1.97. The minimum Gasteiger partial charge on any atom is -0.423 e. The molecule has 13 heavy (non-hydrogen) atoms. The van der Waals surface area contributed by atoms with Crippen LogP contribution in [0.15, 0.2) is 24.4 Å². The highest BCUT2D eigenvalue weighted by molar-refractivity contribution is 6.62. The summed E-state index contributed by atoms with van der Waals surface area (Å²) in [5.74, 6) is 0. The zero-order valence-electron chi connectivity index (χ0n) is 7.28. The normalized spacial score (nSPS) is 10.7. The molecule has 2 rings (SSSR count). The molecule has 0 aliphatic rings. The molecule has 2 aromatic rings. The average molecular weight is 175 g/mol. The molecule has 0 unspecified atom stereocenters. The Kier molecular flexibility index (Phi) is 1.86. The first-order valence-corrected chi connectivity index (χ1v) is 4.12. The van der Waals surface area contributed by atoms with Crippen molar-refractivity contribution < 1.29 is 10.0 Å². The molecule has 0 atom stereocenters. The lowest BCUT2D eigenvalue weighted by atomic mass is 9.80. The Labute approximate surface area is 76.2 Å². The zero-order valence-corrected chi connectivity index (χ0v) is 7.28. The van der Waals surface area contributed by atoms with Crippen LogP contribution in [0.25, 0.3) is 10.9 Å². The zero-order chi connectivity index (χ0) is 9.42. The van der Waals surface area contributed by atoms with Gasteiger partial charge in [-0.05, 0) is 18.4 Å². The van der Waals surface area contributed by atoms with Gasteiger partial charge in [0.1, 0.15) is 0 Å². The van der Waals surface area contributed by atoms with Crippen molar-refractivity contribution in [2.24, 2.45) is 0 Å². The predicted molar refractivity (Wildman–Crippen MR) is 52.9 cm³/mol. The Morgan fingerprint density at radius 3 is 2.77 bits per heavy atom. The van der Waals surface area contributed by atoms with Crippen LogP contribution in [0, 0.1) is 6.92 Å². The summed E-state index contributed by atoms with van der Waals surface area (Å²) in [6.45, 7) is 1.97. The molecule has 0 saturated carbocycles. The first-order valence-electron chi connectivity index (χ1n) is 4.12. The molecule has 1 aromatic carbocycles. The number of nitrogens with one attached hydrogen (secondary N) is 1. The van der Waals surface area contributed by atoms with Gasteiger partial charge in [-0.3, -0.25) is 0 Å². The van der Waals surface area contributed by atoms with Crippen LogP contribution in [-0.2, 0) is 0 Å². The van der Waals surface area contributed by atoms with Crippen molar-refractivity contribution in [2.75, 3.05) is 0 Å². The molecule has 1 aromatic heterocycles. The highest BCUT2D eigenvalue weighted by Gasteiger charge is 2.15. The van der Waals surface area contributed by atoms with Crippen LogP contribution in [0.2, 0.25) is 0 Å². The molecule has 3 nitrogen and oxygen atoms in total. The van der Waals surface area contributed by atoms with Gasteiger partial charge in [0.15, 0.2) is 0 Å². The minimum atomic E-state index is -1.41. The fourth-order valence-corrected chi connectivity index (χ4v) is 1.47. The number of aromatic amines is 1. The summed E-state index contributed by atoms with van der Waals surface area (Å²) in [5.41, 5.74) is 2.56. The maximum Gasteiger partial charge on any atom is 0.490 e. The van der Waals surface area contributed by atoms with Crippen molar-refractivity contribution in [2.45, 2.75) is 6.92 Å². The molecule has 0 bridgehead atoms. The summed E-state index contributed by atoms with van der Waals surface area (Å²) in [7, 11) is -1.41. The van der Waals surface area contributed by atoms with Crippen LogP contribution >= 0.6 is 0 Å². The number of aromatic nitrogens is 1. The number of benzene rings is 1. The molecular weight excluding hydrogens is 165 g/mol. The molecular formula is C9H10BNO2. The average Bonchev–Trinajstić information content (AvgIpc) is 2.46. The Morgan fingerprint density at radius 2 is 2.08 bits per heavy atom. The third-order valence-corrected chi connectivity index (χ3v) is 2.15. The molecule has 0 aliphatic carbocycles. The van der Waals surface area contributed by atoms with Crippen LogP contribution in [0.5, 0.6) is 0 Å². The van der Waals surface area contributed by atoms with Crippen molar-refractivity contribution in [3.8, 4) is 0 Å². The van der Waals surface area contributed by atoms with E-state index in [9.17, 15) is 0 Å². The van der Waals surface area contributed by atoms with Crippen LogP contribution < -0.4 is 5.46 Å². The van der Waals surface area contributed by atoms with Crippen molar-refractivity contribution in [3.05, 3.63) is 30.0 Å². The van der Waals surface area contributed by atoms with Gasteiger partial charge in [0.05, 0.1) is 0 Å². The molecule has 0 spiro atoms. The Balaban J connectivity index is 2.71. The third-order valence-electron chi connectivity index (χ3n) is 2.15. The van der Waals surface area contributed by atoms with Crippen molar-refractivity contribution >= 4 is 23.5 Å². The van der Waals surface area contributed by atoms with E-state index in [0.29, 0.717) is 5.46 Å². The molecule has 4 heteroatoms. The number of aryl methyl sites for hydroxylation is 1. The van der Waals surface area contributed by atoms with E-state index in [2.05, 4.69) is 4.98 Å². The van der Waals surface area contributed by atoms with Gasteiger partial charge in [-0.25, -0.2) is 0 Å². The second-order valence-corrected chi connectivity index (χ2v) is 3.17. The predicted octanol–water partition coefficient (Wildman–Crippen LogP) is 0.156. The molecule has 0 saturated heterocycles. The van der Waals surface area contributed by atoms with E-state index in [0.717, 1.165) is 16.5 Å². The van der Waals surface area contributed by atoms with Gasteiger partial charge < -0.3 is 15.0 Å². The highest BCUT2D eigenvalue weighted by atomic mass is 16.4. The van der Waals surface area contributed by atoms with E-state index in [1.165, 1.54) is 0 Å². The summed E-state index contributed by atoms with van der Waals surface area (Å²) in [5, 5.41) is 18.9. The standard InChI is InChI=1S/C9H10BNO2/c1-6-2-3-9-7(4-6)8(5-11-9)10(12)13/h2-5,11-13H,1H3. The van der Waals surface area contributed by atoms with E-state index in [1.807, 2.05) is 25.1 Å². The molecule has 0 aliphatic heterocycles. The fourth-order valence-electron chi connectivity index (χ4n) is 1.47. The molecule has 0 amide bonds. The fraction of sp³-hybridized carbons (Fsp3) is 0.111. The van der Waals surface area contributed by atoms with E-state index < -0.39 is 7.12 Å². The lowest BCUT2D eigenvalue weighted by Crippen LogP contribution is -2.28. The number of H-pyrrole nitrogens is 1. The maximum absolute atomic E-state index is 9.04. The van der Waals surface area contributed by atoms with Gasteiger partial charge in [-0.15, -0.1) is 0 Å². The summed E-state index contributed by atoms with van der Waals surface area (Å²) < 4.78 is 0. The third kappa shape index (κ3) is 1.34.